The van der Waals surface area contributed by atoms with Crippen LogP contribution in [0.4, 0.5) is 5.82 Å². The zero-order chi connectivity index (χ0) is 10.9. The second-order valence-electron chi connectivity index (χ2n) is 3.46. The molecular formula is C8H12BrN3O2. The molecule has 1 aromatic rings. The van der Waals surface area contributed by atoms with Crippen molar-refractivity contribution >= 4 is 21.7 Å². The van der Waals surface area contributed by atoms with Gasteiger partial charge in [-0.15, -0.1) is 0 Å². The molecule has 1 aromatic heterocycles. The highest BCUT2D eigenvalue weighted by Crippen LogP contribution is 2.12. The van der Waals surface area contributed by atoms with E-state index in [1.165, 1.54) is 4.57 Å². The van der Waals surface area contributed by atoms with Gasteiger partial charge in [0.1, 0.15) is 10.3 Å². The standard InChI is InChI=1S/C8H12BrN3O2/c1-4(2)3-12-6(10)5(9)7(13)11-8(12)14/h4H,3,10H2,1-2H3,(H,11,13,14). The molecule has 0 radical (unpaired) electrons. The van der Waals surface area contributed by atoms with Crippen LogP contribution in [-0.4, -0.2) is 9.55 Å². The Morgan fingerprint density at radius 1 is 1.50 bits per heavy atom. The van der Waals surface area contributed by atoms with Crippen molar-refractivity contribution in [3.8, 4) is 0 Å². The predicted octanol–water partition coefficient (Wildman–Crippen LogP) is 0.537. The van der Waals surface area contributed by atoms with Crippen LogP contribution < -0.4 is 17.0 Å². The molecule has 1 rings (SSSR count). The Morgan fingerprint density at radius 2 is 2.07 bits per heavy atom. The van der Waals surface area contributed by atoms with Crippen molar-refractivity contribution < 1.29 is 0 Å². The van der Waals surface area contributed by atoms with Gasteiger partial charge in [0.25, 0.3) is 5.56 Å². The van der Waals surface area contributed by atoms with Gasteiger partial charge in [-0.25, -0.2) is 4.79 Å². The normalized spacial score (nSPS) is 10.9. The molecule has 1 heterocycles. The summed E-state index contributed by atoms with van der Waals surface area (Å²) in [6.45, 7) is 4.41. The summed E-state index contributed by atoms with van der Waals surface area (Å²) < 4.78 is 1.55. The van der Waals surface area contributed by atoms with E-state index in [9.17, 15) is 9.59 Å². The van der Waals surface area contributed by atoms with Gasteiger partial charge in [0.15, 0.2) is 0 Å². The van der Waals surface area contributed by atoms with E-state index in [4.69, 9.17) is 5.73 Å². The number of hydrogen-bond donors (Lipinski definition) is 2. The molecule has 5 nitrogen and oxygen atoms in total. The highest BCUT2D eigenvalue weighted by atomic mass is 79.9. The van der Waals surface area contributed by atoms with E-state index >= 15 is 0 Å². The Kier molecular flexibility index (Phi) is 3.15. The zero-order valence-corrected chi connectivity index (χ0v) is 9.59. The lowest BCUT2D eigenvalue weighted by atomic mass is 10.2. The van der Waals surface area contributed by atoms with Crippen LogP contribution in [0.1, 0.15) is 13.8 Å². The van der Waals surface area contributed by atoms with Gasteiger partial charge in [-0.3, -0.25) is 14.3 Å². The van der Waals surface area contributed by atoms with Crippen molar-refractivity contribution in [1.29, 1.82) is 0 Å². The number of halogens is 1. The van der Waals surface area contributed by atoms with Crippen molar-refractivity contribution in [2.24, 2.45) is 5.92 Å². The van der Waals surface area contributed by atoms with Crippen LogP contribution in [-0.2, 0) is 6.54 Å². The van der Waals surface area contributed by atoms with Gasteiger partial charge < -0.3 is 5.73 Å². The minimum absolute atomic E-state index is 0.174. The summed E-state index contributed by atoms with van der Waals surface area (Å²) in [5.74, 6) is 0.459. The molecule has 78 valence electrons. The van der Waals surface area contributed by atoms with Gasteiger partial charge >= 0.3 is 5.69 Å². The van der Waals surface area contributed by atoms with Crippen LogP contribution in [0.15, 0.2) is 14.1 Å². The first kappa shape index (κ1) is 11.0. The molecule has 0 atom stereocenters. The Bertz CT molecular complexity index is 447. The maximum absolute atomic E-state index is 11.4. The second kappa shape index (κ2) is 4.00. The van der Waals surface area contributed by atoms with E-state index in [0.29, 0.717) is 6.54 Å². The average Bonchev–Trinajstić information content (AvgIpc) is 2.09. The number of nitrogens with one attached hydrogen (secondary N) is 1. The van der Waals surface area contributed by atoms with Gasteiger partial charge in [-0.05, 0) is 21.8 Å². The maximum Gasteiger partial charge on any atom is 0.329 e. The first-order chi connectivity index (χ1) is 6.43. The Balaban J connectivity index is 3.37. The van der Waals surface area contributed by atoms with Crippen LogP contribution in [0.2, 0.25) is 0 Å². The lowest BCUT2D eigenvalue weighted by Crippen LogP contribution is -2.33. The van der Waals surface area contributed by atoms with E-state index in [1.54, 1.807) is 0 Å². The summed E-state index contributed by atoms with van der Waals surface area (Å²) in [6.07, 6.45) is 0. The summed E-state index contributed by atoms with van der Waals surface area (Å²) in [4.78, 5) is 24.6. The number of rotatable bonds is 2. The molecule has 0 aliphatic carbocycles. The number of hydrogen-bond acceptors (Lipinski definition) is 3. The first-order valence-electron chi connectivity index (χ1n) is 4.21. The molecule has 0 saturated carbocycles. The van der Waals surface area contributed by atoms with Gasteiger partial charge in [-0.1, -0.05) is 13.8 Å². The molecule has 0 fully saturated rings. The van der Waals surface area contributed by atoms with Gasteiger partial charge in [0.05, 0.1) is 0 Å². The van der Waals surface area contributed by atoms with Crippen molar-refractivity contribution in [2.45, 2.75) is 20.4 Å². The lowest BCUT2D eigenvalue weighted by molar-refractivity contribution is 0.506. The highest BCUT2D eigenvalue weighted by Gasteiger charge is 2.10. The third-order valence-electron chi connectivity index (χ3n) is 1.73. The summed E-state index contributed by atoms with van der Waals surface area (Å²) in [5.41, 5.74) is 4.67. The summed E-state index contributed by atoms with van der Waals surface area (Å²) in [7, 11) is 0. The molecule has 0 bridgehead atoms. The minimum Gasteiger partial charge on any atom is -0.384 e. The molecule has 0 aliphatic rings. The van der Waals surface area contributed by atoms with Crippen molar-refractivity contribution in [3.63, 3.8) is 0 Å². The fourth-order valence-corrected chi connectivity index (χ4v) is 1.42. The number of aromatic amines is 1. The van der Waals surface area contributed by atoms with Gasteiger partial charge in [0.2, 0.25) is 0 Å². The lowest BCUT2D eigenvalue weighted by Gasteiger charge is -2.11. The predicted molar refractivity (Wildman–Crippen MR) is 58.3 cm³/mol. The summed E-state index contributed by atoms with van der Waals surface area (Å²) >= 11 is 3.03. The SMILES string of the molecule is CC(C)Cn1c(N)c(Br)c(=O)[nH]c1=O. The number of nitrogens with two attached hydrogens (primary N) is 1. The van der Waals surface area contributed by atoms with Crippen LogP contribution in [0.3, 0.4) is 0 Å². The van der Waals surface area contributed by atoms with Crippen LogP contribution in [0.25, 0.3) is 0 Å². The van der Waals surface area contributed by atoms with Gasteiger partial charge in [0, 0.05) is 6.54 Å². The Labute approximate surface area is 89.1 Å². The summed E-state index contributed by atoms with van der Waals surface area (Å²) in [6, 6.07) is 0. The van der Waals surface area contributed by atoms with Crippen molar-refractivity contribution in [3.05, 3.63) is 25.3 Å². The fourth-order valence-electron chi connectivity index (χ4n) is 1.11. The van der Waals surface area contributed by atoms with E-state index < -0.39 is 11.2 Å². The fraction of sp³-hybridized carbons (Fsp3) is 0.500. The topological polar surface area (TPSA) is 80.9 Å². The molecule has 14 heavy (non-hydrogen) atoms. The van der Waals surface area contributed by atoms with E-state index in [1.807, 2.05) is 13.8 Å². The van der Waals surface area contributed by atoms with E-state index in [2.05, 4.69) is 20.9 Å². The molecule has 3 N–H and O–H groups in total. The molecule has 0 saturated heterocycles. The molecule has 0 spiro atoms. The summed E-state index contributed by atoms with van der Waals surface area (Å²) in [5, 5.41) is 0. The van der Waals surface area contributed by atoms with Crippen LogP contribution in [0, 0.1) is 5.92 Å². The highest BCUT2D eigenvalue weighted by molar-refractivity contribution is 9.10. The molecule has 0 unspecified atom stereocenters. The monoisotopic (exact) mass is 261 g/mol. The Morgan fingerprint density at radius 3 is 2.57 bits per heavy atom. The average molecular weight is 262 g/mol. The molecule has 0 amide bonds. The van der Waals surface area contributed by atoms with Crippen molar-refractivity contribution in [1.82, 2.24) is 9.55 Å². The number of aromatic nitrogens is 2. The number of anilines is 1. The molecular weight excluding hydrogens is 250 g/mol. The van der Waals surface area contributed by atoms with Crippen LogP contribution in [0.5, 0.6) is 0 Å². The zero-order valence-electron chi connectivity index (χ0n) is 8.00. The first-order valence-corrected chi connectivity index (χ1v) is 5.01. The van der Waals surface area contributed by atoms with E-state index in [0.717, 1.165) is 0 Å². The second-order valence-corrected chi connectivity index (χ2v) is 4.26. The van der Waals surface area contributed by atoms with E-state index in [-0.39, 0.29) is 16.2 Å². The molecule has 6 heteroatoms. The third kappa shape index (κ3) is 2.06. The number of nitrogen functional groups attached to an aromatic ring is 1. The van der Waals surface area contributed by atoms with Crippen LogP contribution >= 0.6 is 15.9 Å². The maximum atomic E-state index is 11.4. The number of H-pyrrole nitrogens is 1. The molecule has 0 aliphatic heterocycles. The minimum atomic E-state index is -0.493. The largest absolute Gasteiger partial charge is 0.384 e. The quantitative estimate of drug-likeness (QED) is 0.816. The number of nitrogens with zero attached hydrogens (tertiary/aromatic N) is 1. The van der Waals surface area contributed by atoms with Crippen molar-refractivity contribution in [2.75, 3.05) is 5.73 Å². The molecule has 0 aromatic carbocycles. The van der Waals surface area contributed by atoms with Gasteiger partial charge in [-0.2, -0.15) is 0 Å². The smallest absolute Gasteiger partial charge is 0.329 e. The Hall–Kier alpha value is -1.04. The third-order valence-corrected chi connectivity index (χ3v) is 2.49.